The highest BCUT2D eigenvalue weighted by Gasteiger charge is 2.25. The fraction of sp³-hybridized carbons (Fsp3) is 0.805. The lowest BCUT2D eigenvalue weighted by Crippen LogP contribution is -2.29. The van der Waals surface area contributed by atoms with Crippen molar-refractivity contribution in [2.24, 2.45) is 5.73 Å². The molecule has 9 nitrogen and oxygen atoms in total. The van der Waals surface area contributed by atoms with Crippen molar-refractivity contribution in [2.75, 3.05) is 26.4 Å². The molecule has 0 heterocycles. The van der Waals surface area contributed by atoms with Crippen LogP contribution in [-0.4, -0.2) is 49.3 Å². The third-order valence-electron chi connectivity index (χ3n) is 8.53. The van der Waals surface area contributed by atoms with E-state index in [9.17, 15) is 19.0 Å². The molecule has 0 saturated heterocycles. The van der Waals surface area contributed by atoms with E-state index < -0.39 is 32.5 Å². The standard InChI is InChI=1S/C41H76NO8P/c1-3-5-7-9-11-13-15-17-19-21-23-25-27-29-31-33-40(43)47-37-39(38-49-51(45,46)48-36-35-42)50-41(44)34-32-30-28-26-24-22-20-18-16-14-12-10-8-6-4-2/h12,14,18,20,24,26,39H,3-11,13,15-17,19,21-23,25,27-38,42H2,1-2H3,(H,45,46)/b14-12-,20-18-,26-24-/t39-/m1/s1. The maximum absolute atomic E-state index is 12.5. The van der Waals surface area contributed by atoms with Crippen LogP contribution in [0, 0.1) is 0 Å². The van der Waals surface area contributed by atoms with Gasteiger partial charge in [0, 0.05) is 19.4 Å². The second-order valence-corrected chi connectivity index (χ2v) is 15.0. The first kappa shape index (κ1) is 49.2. The SMILES string of the molecule is CCCCC/C=C\C/C=C\C/C=C\CCCCC(=O)O[C@H](COC(=O)CCCCCCCCCCCCCCCCC)COP(=O)(O)OCCN. The fourth-order valence-electron chi connectivity index (χ4n) is 5.46. The van der Waals surface area contributed by atoms with Gasteiger partial charge in [0.15, 0.2) is 6.10 Å². The number of hydrogen-bond donors (Lipinski definition) is 2. The Hall–Kier alpha value is -1.77. The van der Waals surface area contributed by atoms with E-state index in [-0.39, 0.29) is 32.6 Å². The van der Waals surface area contributed by atoms with E-state index in [1.54, 1.807) is 0 Å². The molecule has 2 atom stereocenters. The number of hydrogen-bond acceptors (Lipinski definition) is 8. The van der Waals surface area contributed by atoms with Crippen molar-refractivity contribution in [3.05, 3.63) is 36.5 Å². The monoisotopic (exact) mass is 742 g/mol. The lowest BCUT2D eigenvalue weighted by molar-refractivity contribution is -0.161. The second kappa shape index (κ2) is 38.0. The molecule has 0 aromatic rings. The van der Waals surface area contributed by atoms with Gasteiger partial charge in [0.2, 0.25) is 0 Å². The Bertz CT molecular complexity index is 939. The molecule has 51 heavy (non-hydrogen) atoms. The highest BCUT2D eigenvalue weighted by atomic mass is 31.2. The number of allylic oxidation sites excluding steroid dienone is 6. The van der Waals surface area contributed by atoms with Crippen LogP contribution in [0.4, 0.5) is 0 Å². The summed E-state index contributed by atoms with van der Waals surface area (Å²) in [7, 11) is -4.38. The third kappa shape index (κ3) is 37.8. The van der Waals surface area contributed by atoms with Gasteiger partial charge in [0.25, 0.3) is 0 Å². The van der Waals surface area contributed by atoms with Crippen molar-refractivity contribution in [1.82, 2.24) is 0 Å². The molecule has 0 radical (unpaired) electrons. The number of unbranched alkanes of at least 4 members (excludes halogenated alkanes) is 19. The number of phosphoric ester groups is 1. The molecule has 3 N–H and O–H groups in total. The zero-order chi connectivity index (χ0) is 37.5. The molecule has 0 spiro atoms. The van der Waals surface area contributed by atoms with Crippen LogP contribution in [0.2, 0.25) is 0 Å². The molecular weight excluding hydrogens is 665 g/mol. The largest absolute Gasteiger partial charge is 0.472 e. The van der Waals surface area contributed by atoms with Crippen molar-refractivity contribution in [2.45, 2.75) is 187 Å². The molecule has 0 aromatic carbocycles. The van der Waals surface area contributed by atoms with Crippen LogP contribution >= 0.6 is 7.82 Å². The summed E-state index contributed by atoms with van der Waals surface area (Å²) in [6.07, 6.45) is 40.3. The van der Waals surface area contributed by atoms with Gasteiger partial charge in [-0.2, -0.15) is 0 Å². The normalized spacial score (nSPS) is 13.7. The average Bonchev–Trinajstić information content (AvgIpc) is 3.11. The molecule has 298 valence electrons. The maximum Gasteiger partial charge on any atom is 0.472 e. The van der Waals surface area contributed by atoms with E-state index in [0.29, 0.717) is 6.42 Å². The molecule has 0 rings (SSSR count). The molecular formula is C41H76NO8P. The molecule has 0 aliphatic heterocycles. The maximum atomic E-state index is 12.5. The number of ether oxygens (including phenoxy) is 2. The summed E-state index contributed by atoms with van der Waals surface area (Å²) in [5.41, 5.74) is 5.33. The van der Waals surface area contributed by atoms with Gasteiger partial charge in [-0.15, -0.1) is 0 Å². The quantitative estimate of drug-likeness (QED) is 0.0274. The van der Waals surface area contributed by atoms with E-state index in [1.807, 2.05) is 0 Å². The highest BCUT2D eigenvalue weighted by molar-refractivity contribution is 7.47. The van der Waals surface area contributed by atoms with E-state index in [2.05, 4.69) is 50.3 Å². The number of carbonyl (C=O) groups is 2. The third-order valence-corrected chi connectivity index (χ3v) is 9.51. The van der Waals surface area contributed by atoms with E-state index in [1.165, 1.54) is 96.3 Å². The molecule has 1 unspecified atom stereocenters. The highest BCUT2D eigenvalue weighted by Crippen LogP contribution is 2.43. The van der Waals surface area contributed by atoms with E-state index in [0.717, 1.165) is 51.4 Å². The first-order valence-corrected chi connectivity index (χ1v) is 22.0. The smallest absolute Gasteiger partial charge is 0.462 e. The van der Waals surface area contributed by atoms with E-state index >= 15 is 0 Å². The number of esters is 2. The molecule has 10 heteroatoms. The predicted molar refractivity (Wildman–Crippen MR) is 210 cm³/mol. The first-order valence-electron chi connectivity index (χ1n) is 20.5. The minimum absolute atomic E-state index is 0.0476. The van der Waals surface area contributed by atoms with Crippen LogP contribution in [0.15, 0.2) is 36.5 Å². The Morgan fingerprint density at radius 2 is 1.02 bits per heavy atom. The lowest BCUT2D eigenvalue weighted by Gasteiger charge is -2.19. The Morgan fingerprint density at radius 3 is 1.55 bits per heavy atom. The summed E-state index contributed by atoms with van der Waals surface area (Å²) in [4.78, 5) is 34.8. The van der Waals surface area contributed by atoms with Gasteiger partial charge in [0.1, 0.15) is 6.61 Å². The molecule has 0 saturated carbocycles. The second-order valence-electron chi connectivity index (χ2n) is 13.5. The summed E-state index contributed by atoms with van der Waals surface area (Å²) in [5.74, 6) is -0.870. The van der Waals surface area contributed by atoms with Crippen molar-refractivity contribution in [1.29, 1.82) is 0 Å². The van der Waals surface area contributed by atoms with Crippen molar-refractivity contribution in [3.63, 3.8) is 0 Å². The summed E-state index contributed by atoms with van der Waals surface area (Å²) < 4.78 is 32.7. The van der Waals surface area contributed by atoms with Gasteiger partial charge in [0.05, 0.1) is 13.2 Å². The van der Waals surface area contributed by atoms with Crippen LogP contribution < -0.4 is 5.73 Å². The number of phosphoric acid groups is 1. The van der Waals surface area contributed by atoms with Crippen LogP contribution in [0.1, 0.15) is 181 Å². The van der Waals surface area contributed by atoms with Gasteiger partial charge in [-0.3, -0.25) is 18.6 Å². The van der Waals surface area contributed by atoms with Gasteiger partial charge in [-0.25, -0.2) is 4.57 Å². The summed E-state index contributed by atoms with van der Waals surface area (Å²) in [5, 5.41) is 0. The fourth-order valence-corrected chi connectivity index (χ4v) is 6.23. The zero-order valence-electron chi connectivity index (χ0n) is 32.6. The van der Waals surface area contributed by atoms with Crippen LogP contribution in [0.5, 0.6) is 0 Å². The minimum atomic E-state index is -4.38. The Kier molecular flexibility index (Phi) is 36.7. The zero-order valence-corrected chi connectivity index (χ0v) is 33.5. The van der Waals surface area contributed by atoms with Crippen LogP contribution in [0.25, 0.3) is 0 Å². The van der Waals surface area contributed by atoms with Crippen molar-refractivity contribution < 1.29 is 37.6 Å². The number of rotatable bonds is 38. The number of carbonyl (C=O) groups excluding carboxylic acids is 2. The van der Waals surface area contributed by atoms with Crippen molar-refractivity contribution in [3.8, 4) is 0 Å². The molecule has 0 aliphatic carbocycles. The molecule has 0 aliphatic rings. The van der Waals surface area contributed by atoms with Gasteiger partial charge in [-0.1, -0.05) is 153 Å². The Labute approximate surface area is 312 Å². The Morgan fingerprint density at radius 1 is 0.588 bits per heavy atom. The topological polar surface area (TPSA) is 134 Å². The van der Waals surface area contributed by atoms with Gasteiger partial charge < -0.3 is 20.1 Å². The molecule has 0 bridgehead atoms. The molecule has 0 aromatic heterocycles. The lowest BCUT2D eigenvalue weighted by atomic mass is 10.0. The van der Waals surface area contributed by atoms with Crippen LogP contribution in [0.3, 0.4) is 0 Å². The molecule has 0 amide bonds. The predicted octanol–water partition coefficient (Wildman–Crippen LogP) is 11.4. The summed E-state index contributed by atoms with van der Waals surface area (Å²) >= 11 is 0. The average molecular weight is 742 g/mol. The first-order chi connectivity index (χ1) is 24.8. The summed E-state index contributed by atoms with van der Waals surface area (Å²) in [6, 6.07) is 0. The van der Waals surface area contributed by atoms with Crippen molar-refractivity contribution >= 4 is 19.8 Å². The minimum Gasteiger partial charge on any atom is -0.462 e. The van der Waals surface area contributed by atoms with Gasteiger partial charge in [-0.05, 0) is 51.4 Å². The Balaban J connectivity index is 4.24. The van der Waals surface area contributed by atoms with E-state index in [4.69, 9.17) is 24.3 Å². The number of nitrogens with two attached hydrogens (primary N) is 1. The molecule has 0 fully saturated rings. The summed E-state index contributed by atoms with van der Waals surface area (Å²) in [6.45, 7) is 3.66. The van der Waals surface area contributed by atoms with Crippen LogP contribution in [-0.2, 0) is 32.7 Å². The van der Waals surface area contributed by atoms with Gasteiger partial charge >= 0.3 is 19.8 Å².